The summed E-state index contributed by atoms with van der Waals surface area (Å²) in [5.41, 5.74) is 1.53. The number of nitrogens with zero attached hydrogens (tertiary/aromatic N) is 1. The Labute approximate surface area is 110 Å². The van der Waals surface area contributed by atoms with Crippen LogP contribution in [0.1, 0.15) is 31.4 Å². The molecule has 2 rings (SSSR count). The molecule has 18 heavy (non-hydrogen) atoms. The molecule has 1 aromatic carbocycles. The predicted octanol–water partition coefficient (Wildman–Crippen LogP) is 3.01. The van der Waals surface area contributed by atoms with Crippen molar-refractivity contribution >= 4 is 0 Å². The Morgan fingerprint density at radius 2 is 2.17 bits per heavy atom. The molecule has 2 atom stereocenters. The lowest BCUT2D eigenvalue weighted by Crippen LogP contribution is -2.31. The van der Waals surface area contributed by atoms with Crippen molar-refractivity contribution in [2.45, 2.75) is 25.8 Å². The molecule has 1 N–H and O–H groups in total. The van der Waals surface area contributed by atoms with Gasteiger partial charge in [-0.05, 0) is 30.4 Å². The first-order valence-corrected chi connectivity index (χ1v) is 6.69. The fraction of sp³-hybridized carbons (Fsp3) is 0.500. The van der Waals surface area contributed by atoms with Gasteiger partial charge in [0.1, 0.15) is 0 Å². The summed E-state index contributed by atoms with van der Waals surface area (Å²) in [5.74, 6) is 0. The smallest absolute Gasteiger partial charge is 0.0628 e. The first-order valence-electron chi connectivity index (χ1n) is 6.69. The fourth-order valence-corrected chi connectivity index (χ4v) is 2.95. The van der Waals surface area contributed by atoms with Gasteiger partial charge in [0.05, 0.1) is 12.6 Å². The standard InChI is InChI=1S/C16H23NO/c1-3-9-16(2)10-11-17(13-16)15(12-18)14-7-5-4-6-8-14/h3-8,15,18H,1,9-13H2,2H3/t15-,16-/m1/s1. The molecule has 1 heterocycles. The normalized spacial score (nSPS) is 26.1. The summed E-state index contributed by atoms with van der Waals surface area (Å²) in [6.45, 7) is 8.45. The maximum absolute atomic E-state index is 9.68. The molecule has 0 aliphatic carbocycles. The average Bonchev–Trinajstić information content (AvgIpc) is 2.74. The summed E-state index contributed by atoms with van der Waals surface area (Å²) in [5, 5.41) is 9.68. The van der Waals surface area contributed by atoms with E-state index in [0.29, 0.717) is 5.41 Å². The molecule has 0 aromatic heterocycles. The molecular weight excluding hydrogens is 222 g/mol. The lowest BCUT2D eigenvalue weighted by atomic mass is 9.86. The summed E-state index contributed by atoms with van der Waals surface area (Å²) in [6.07, 6.45) is 4.25. The molecule has 98 valence electrons. The number of rotatable bonds is 5. The largest absolute Gasteiger partial charge is 0.394 e. The van der Waals surface area contributed by atoms with E-state index in [1.165, 1.54) is 12.0 Å². The molecule has 2 heteroatoms. The van der Waals surface area contributed by atoms with Crippen molar-refractivity contribution < 1.29 is 5.11 Å². The molecule has 1 aliphatic heterocycles. The number of likely N-dealkylation sites (tertiary alicyclic amines) is 1. The summed E-state index contributed by atoms with van der Waals surface area (Å²) in [4.78, 5) is 2.40. The van der Waals surface area contributed by atoms with Gasteiger partial charge in [0.25, 0.3) is 0 Å². The fourth-order valence-electron chi connectivity index (χ4n) is 2.95. The van der Waals surface area contributed by atoms with Crippen LogP contribution in [-0.2, 0) is 0 Å². The zero-order valence-corrected chi connectivity index (χ0v) is 11.2. The molecule has 0 saturated carbocycles. The van der Waals surface area contributed by atoms with Crippen LogP contribution >= 0.6 is 0 Å². The number of hydrogen-bond donors (Lipinski definition) is 1. The van der Waals surface area contributed by atoms with Crippen molar-refractivity contribution in [3.63, 3.8) is 0 Å². The maximum atomic E-state index is 9.68. The Hall–Kier alpha value is -1.12. The number of hydrogen-bond acceptors (Lipinski definition) is 2. The van der Waals surface area contributed by atoms with Crippen LogP contribution in [0, 0.1) is 5.41 Å². The van der Waals surface area contributed by atoms with Crippen molar-refractivity contribution in [2.75, 3.05) is 19.7 Å². The molecule has 1 saturated heterocycles. The Bertz CT molecular complexity index is 389. The first kappa shape index (κ1) is 13.3. The molecule has 0 spiro atoms. The summed E-state index contributed by atoms with van der Waals surface area (Å²) < 4.78 is 0. The molecule has 0 bridgehead atoms. The van der Waals surface area contributed by atoms with Crippen molar-refractivity contribution in [1.82, 2.24) is 4.90 Å². The van der Waals surface area contributed by atoms with Gasteiger partial charge >= 0.3 is 0 Å². The number of aliphatic hydroxyl groups is 1. The molecule has 0 radical (unpaired) electrons. The van der Waals surface area contributed by atoms with Gasteiger partial charge in [-0.25, -0.2) is 0 Å². The lowest BCUT2D eigenvalue weighted by molar-refractivity contribution is 0.134. The third-order valence-corrected chi connectivity index (χ3v) is 4.02. The van der Waals surface area contributed by atoms with Crippen LogP contribution in [0.25, 0.3) is 0 Å². The van der Waals surface area contributed by atoms with Gasteiger partial charge in [0.15, 0.2) is 0 Å². The van der Waals surface area contributed by atoms with E-state index in [9.17, 15) is 5.11 Å². The van der Waals surface area contributed by atoms with Crippen LogP contribution in [0.3, 0.4) is 0 Å². The molecule has 1 aromatic rings. The maximum Gasteiger partial charge on any atom is 0.0628 e. The number of aliphatic hydroxyl groups excluding tert-OH is 1. The Morgan fingerprint density at radius 1 is 1.44 bits per heavy atom. The first-order chi connectivity index (χ1) is 8.68. The van der Waals surface area contributed by atoms with E-state index in [2.05, 4.69) is 30.5 Å². The highest BCUT2D eigenvalue weighted by molar-refractivity contribution is 5.19. The second kappa shape index (κ2) is 5.68. The zero-order chi connectivity index (χ0) is 13.0. The summed E-state index contributed by atoms with van der Waals surface area (Å²) >= 11 is 0. The quantitative estimate of drug-likeness (QED) is 0.806. The zero-order valence-electron chi connectivity index (χ0n) is 11.2. The monoisotopic (exact) mass is 245 g/mol. The predicted molar refractivity (Wildman–Crippen MR) is 75.4 cm³/mol. The number of benzene rings is 1. The Morgan fingerprint density at radius 3 is 2.78 bits per heavy atom. The molecule has 1 aliphatic rings. The number of allylic oxidation sites excluding steroid dienone is 1. The minimum atomic E-state index is 0.137. The van der Waals surface area contributed by atoms with E-state index in [-0.39, 0.29) is 12.6 Å². The molecule has 2 nitrogen and oxygen atoms in total. The third-order valence-electron chi connectivity index (χ3n) is 4.02. The van der Waals surface area contributed by atoms with Crippen LogP contribution in [0.15, 0.2) is 43.0 Å². The summed E-state index contributed by atoms with van der Waals surface area (Å²) in [6, 6.07) is 10.4. The van der Waals surface area contributed by atoms with Gasteiger partial charge in [0.2, 0.25) is 0 Å². The van der Waals surface area contributed by atoms with E-state index < -0.39 is 0 Å². The van der Waals surface area contributed by atoms with Crippen molar-refractivity contribution in [3.05, 3.63) is 48.6 Å². The van der Waals surface area contributed by atoms with Crippen molar-refractivity contribution in [3.8, 4) is 0 Å². The van der Waals surface area contributed by atoms with Crippen LogP contribution in [0.4, 0.5) is 0 Å². The summed E-state index contributed by atoms with van der Waals surface area (Å²) in [7, 11) is 0. The highest BCUT2D eigenvalue weighted by Crippen LogP contribution is 2.37. The van der Waals surface area contributed by atoms with Gasteiger partial charge in [0, 0.05) is 6.54 Å². The second-order valence-corrected chi connectivity index (χ2v) is 5.63. The van der Waals surface area contributed by atoms with E-state index in [0.717, 1.165) is 19.5 Å². The SMILES string of the molecule is C=CC[C@]1(C)CCN([C@H](CO)c2ccccc2)C1. The minimum absolute atomic E-state index is 0.137. The van der Waals surface area contributed by atoms with Crippen LogP contribution in [-0.4, -0.2) is 29.7 Å². The molecule has 0 amide bonds. The van der Waals surface area contributed by atoms with Gasteiger partial charge in [-0.2, -0.15) is 0 Å². The second-order valence-electron chi connectivity index (χ2n) is 5.63. The average molecular weight is 245 g/mol. The van der Waals surface area contributed by atoms with Crippen molar-refractivity contribution in [2.24, 2.45) is 5.41 Å². The van der Waals surface area contributed by atoms with E-state index >= 15 is 0 Å². The van der Waals surface area contributed by atoms with Crippen LogP contribution in [0.5, 0.6) is 0 Å². The van der Waals surface area contributed by atoms with Crippen molar-refractivity contribution in [1.29, 1.82) is 0 Å². The Kier molecular flexibility index (Phi) is 4.20. The van der Waals surface area contributed by atoms with E-state index in [1.54, 1.807) is 0 Å². The molecule has 1 fully saturated rings. The topological polar surface area (TPSA) is 23.5 Å². The van der Waals surface area contributed by atoms with Gasteiger partial charge in [-0.3, -0.25) is 4.90 Å². The van der Waals surface area contributed by atoms with Crippen LogP contribution < -0.4 is 0 Å². The Balaban J connectivity index is 2.09. The minimum Gasteiger partial charge on any atom is -0.394 e. The lowest BCUT2D eigenvalue weighted by Gasteiger charge is -2.29. The van der Waals surface area contributed by atoms with E-state index in [1.807, 2.05) is 24.3 Å². The van der Waals surface area contributed by atoms with Gasteiger partial charge < -0.3 is 5.11 Å². The van der Waals surface area contributed by atoms with Gasteiger partial charge in [-0.1, -0.05) is 43.3 Å². The van der Waals surface area contributed by atoms with E-state index in [4.69, 9.17) is 0 Å². The highest BCUT2D eigenvalue weighted by Gasteiger charge is 2.35. The van der Waals surface area contributed by atoms with Gasteiger partial charge in [-0.15, -0.1) is 6.58 Å². The highest BCUT2D eigenvalue weighted by atomic mass is 16.3. The third kappa shape index (κ3) is 2.82. The van der Waals surface area contributed by atoms with Crippen LogP contribution in [0.2, 0.25) is 0 Å². The molecule has 0 unspecified atom stereocenters. The molecular formula is C16H23NO.